The Labute approximate surface area is 113 Å². The van der Waals surface area contributed by atoms with Crippen LogP contribution in [0.1, 0.15) is 11.4 Å². The minimum absolute atomic E-state index is 0.634. The quantitative estimate of drug-likeness (QED) is 0.521. The molecule has 0 aliphatic heterocycles. The van der Waals surface area contributed by atoms with Crippen molar-refractivity contribution >= 4 is 16.7 Å². The van der Waals surface area contributed by atoms with Gasteiger partial charge < -0.3 is 0 Å². The third kappa shape index (κ3) is 1.43. The van der Waals surface area contributed by atoms with Gasteiger partial charge in [-0.05, 0) is 26.0 Å². The zero-order valence-corrected chi connectivity index (χ0v) is 11.0. The third-order valence-electron chi connectivity index (χ3n) is 3.25. The Morgan fingerprint density at radius 3 is 2.75 bits per heavy atom. The van der Waals surface area contributed by atoms with E-state index in [1.54, 1.807) is 9.20 Å². The van der Waals surface area contributed by atoms with Gasteiger partial charge in [-0.1, -0.05) is 17.3 Å². The van der Waals surface area contributed by atoms with Crippen molar-refractivity contribution < 1.29 is 0 Å². The summed E-state index contributed by atoms with van der Waals surface area (Å²) in [6, 6.07) is 9.64. The van der Waals surface area contributed by atoms with Crippen molar-refractivity contribution in [1.82, 2.24) is 34.8 Å². The molecule has 98 valence electrons. The smallest absolute Gasteiger partial charge is 0.199 e. The summed E-state index contributed by atoms with van der Waals surface area (Å²) in [6.45, 7) is 3.87. The highest BCUT2D eigenvalue weighted by atomic mass is 15.5. The normalized spacial score (nSPS) is 11.5. The largest absolute Gasteiger partial charge is 0.214 e. The highest BCUT2D eigenvalue weighted by molar-refractivity contribution is 5.75. The van der Waals surface area contributed by atoms with Crippen molar-refractivity contribution in [2.45, 2.75) is 13.8 Å². The molecule has 7 nitrogen and oxygen atoms in total. The highest BCUT2D eigenvalue weighted by Gasteiger charge is 2.14. The van der Waals surface area contributed by atoms with E-state index in [0.29, 0.717) is 5.82 Å². The Morgan fingerprint density at radius 2 is 1.85 bits per heavy atom. The molecule has 0 atom stereocenters. The molecule has 0 saturated heterocycles. The molecule has 0 amide bonds. The number of benzene rings is 1. The number of nitrogens with zero attached hydrogens (tertiary/aromatic N) is 7. The highest BCUT2D eigenvalue weighted by Crippen LogP contribution is 2.17. The van der Waals surface area contributed by atoms with Crippen LogP contribution < -0.4 is 0 Å². The first kappa shape index (κ1) is 11.0. The van der Waals surface area contributed by atoms with Crippen LogP contribution in [0.2, 0.25) is 0 Å². The van der Waals surface area contributed by atoms with E-state index >= 15 is 0 Å². The molecule has 7 heteroatoms. The van der Waals surface area contributed by atoms with Crippen LogP contribution >= 0.6 is 0 Å². The van der Waals surface area contributed by atoms with Crippen LogP contribution in [0.15, 0.2) is 30.3 Å². The Morgan fingerprint density at radius 1 is 1.00 bits per heavy atom. The lowest BCUT2D eigenvalue weighted by atomic mass is 10.3. The second kappa shape index (κ2) is 3.83. The Kier molecular flexibility index (Phi) is 2.11. The lowest BCUT2D eigenvalue weighted by molar-refractivity contribution is 0.739. The predicted octanol–water partition coefficient (Wildman–Crippen LogP) is 1.48. The van der Waals surface area contributed by atoms with Gasteiger partial charge in [0.2, 0.25) is 0 Å². The number of aromatic nitrogens is 7. The molecule has 1 aromatic carbocycles. The number of aryl methyl sites for hydroxylation is 2. The van der Waals surface area contributed by atoms with Gasteiger partial charge in [-0.3, -0.25) is 0 Å². The molecular formula is C13H11N7. The summed E-state index contributed by atoms with van der Waals surface area (Å²) in [4.78, 5) is 0. The summed E-state index contributed by atoms with van der Waals surface area (Å²) in [6.07, 6.45) is 0. The maximum Gasteiger partial charge on any atom is 0.199 e. The van der Waals surface area contributed by atoms with E-state index in [1.807, 2.05) is 44.2 Å². The molecular weight excluding hydrogens is 254 g/mol. The van der Waals surface area contributed by atoms with Crippen molar-refractivity contribution in [3.05, 3.63) is 41.7 Å². The average molecular weight is 265 g/mol. The molecule has 0 saturated carbocycles. The first-order chi connectivity index (χ1) is 9.74. The van der Waals surface area contributed by atoms with Crippen LogP contribution in [0.25, 0.3) is 22.5 Å². The van der Waals surface area contributed by atoms with E-state index < -0.39 is 0 Å². The van der Waals surface area contributed by atoms with Crippen molar-refractivity contribution in [3.8, 4) is 5.82 Å². The van der Waals surface area contributed by atoms with Crippen LogP contribution in [0.5, 0.6) is 0 Å². The van der Waals surface area contributed by atoms with Gasteiger partial charge in [0.25, 0.3) is 0 Å². The summed E-state index contributed by atoms with van der Waals surface area (Å²) in [5, 5.41) is 21.2. The van der Waals surface area contributed by atoms with E-state index in [2.05, 4.69) is 25.6 Å². The fourth-order valence-electron chi connectivity index (χ4n) is 2.29. The van der Waals surface area contributed by atoms with Crippen LogP contribution in [0, 0.1) is 13.8 Å². The zero-order chi connectivity index (χ0) is 13.7. The average Bonchev–Trinajstić information content (AvgIpc) is 3.03. The van der Waals surface area contributed by atoms with E-state index in [1.165, 1.54) is 0 Å². The molecule has 0 radical (unpaired) electrons. The molecule has 4 aromatic rings. The Balaban J connectivity index is 2.04. The lowest BCUT2D eigenvalue weighted by Gasteiger charge is -2.05. The summed E-state index contributed by atoms with van der Waals surface area (Å²) < 4.78 is 3.46. The van der Waals surface area contributed by atoms with E-state index in [9.17, 15) is 0 Å². The lowest BCUT2D eigenvalue weighted by Crippen LogP contribution is -2.09. The molecule has 0 aliphatic carbocycles. The SMILES string of the molecule is Cc1cc2nnc(-n3nnc4ccccc43)c(C)n2n1. The molecule has 0 fully saturated rings. The second-order valence-electron chi connectivity index (χ2n) is 4.65. The first-order valence-corrected chi connectivity index (χ1v) is 6.24. The number of hydrogen-bond donors (Lipinski definition) is 0. The third-order valence-corrected chi connectivity index (χ3v) is 3.25. The molecule has 3 heterocycles. The topological polar surface area (TPSA) is 73.8 Å². The molecule has 0 N–H and O–H groups in total. The molecule has 20 heavy (non-hydrogen) atoms. The number of rotatable bonds is 1. The molecule has 4 rings (SSSR count). The van der Waals surface area contributed by atoms with Crippen LogP contribution in [0.3, 0.4) is 0 Å². The number of fused-ring (bicyclic) bond motifs is 2. The predicted molar refractivity (Wildman–Crippen MR) is 72.7 cm³/mol. The van der Waals surface area contributed by atoms with Crippen LogP contribution in [-0.4, -0.2) is 34.8 Å². The summed E-state index contributed by atoms with van der Waals surface area (Å²) in [5.41, 5.74) is 4.23. The minimum Gasteiger partial charge on any atom is -0.214 e. The molecule has 0 bridgehead atoms. The van der Waals surface area contributed by atoms with Gasteiger partial charge in [0, 0.05) is 6.07 Å². The summed E-state index contributed by atoms with van der Waals surface area (Å²) in [5.74, 6) is 0.634. The van der Waals surface area contributed by atoms with E-state index in [-0.39, 0.29) is 0 Å². The van der Waals surface area contributed by atoms with E-state index in [0.717, 1.165) is 28.1 Å². The van der Waals surface area contributed by atoms with Crippen molar-refractivity contribution in [2.75, 3.05) is 0 Å². The van der Waals surface area contributed by atoms with Gasteiger partial charge in [-0.2, -0.15) is 9.78 Å². The maximum absolute atomic E-state index is 4.42. The maximum atomic E-state index is 4.42. The van der Waals surface area contributed by atoms with Gasteiger partial charge in [0.05, 0.1) is 16.9 Å². The van der Waals surface area contributed by atoms with Crippen molar-refractivity contribution in [1.29, 1.82) is 0 Å². The van der Waals surface area contributed by atoms with E-state index in [4.69, 9.17) is 0 Å². The van der Waals surface area contributed by atoms with Gasteiger partial charge in [0.15, 0.2) is 11.5 Å². The minimum atomic E-state index is 0.634. The summed E-state index contributed by atoms with van der Waals surface area (Å²) >= 11 is 0. The van der Waals surface area contributed by atoms with Gasteiger partial charge >= 0.3 is 0 Å². The van der Waals surface area contributed by atoms with Gasteiger partial charge in [-0.25, -0.2) is 4.52 Å². The molecule has 0 spiro atoms. The molecule has 0 aliphatic rings. The number of hydrogen-bond acceptors (Lipinski definition) is 5. The standard InChI is InChI=1S/C13H11N7/c1-8-7-12-15-16-13(9(2)19(12)17-8)20-11-6-4-3-5-10(11)14-18-20/h3-7H,1-2H3. The number of para-hydroxylation sites is 1. The summed E-state index contributed by atoms with van der Waals surface area (Å²) in [7, 11) is 0. The Bertz CT molecular complexity index is 934. The van der Waals surface area contributed by atoms with Crippen LogP contribution in [-0.2, 0) is 0 Å². The van der Waals surface area contributed by atoms with Gasteiger partial charge in [0.1, 0.15) is 5.52 Å². The fraction of sp³-hybridized carbons (Fsp3) is 0.154. The van der Waals surface area contributed by atoms with Gasteiger partial charge in [-0.15, -0.1) is 15.3 Å². The fourth-order valence-corrected chi connectivity index (χ4v) is 2.29. The zero-order valence-electron chi connectivity index (χ0n) is 11.0. The second-order valence-corrected chi connectivity index (χ2v) is 4.65. The molecule has 3 aromatic heterocycles. The Hall–Kier alpha value is -2.83. The van der Waals surface area contributed by atoms with Crippen LogP contribution in [0.4, 0.5) is 0 Å². The monoisotopic (exact) mass is 265 g/mol. The van der Waals surface area contributed by atoms with Crippen molar-refractivity contribution in [3.63, 3.8) is 0 Å². The van der Waals surface area contributed by atoms with Crippen molar-refractivity contribution in [2.24, 2.45) is 0 Å². The first-order valence-electron chi connectivity index (χ1n) is 6.24. The molecule has 0 unspecified atom stereocenters.